The van der Waals surface area contributed by atoms with E-state index in [1.165, 1.54) is 13.0 Å². The average molecular weight is 521 g/mol. The Hall–Kier alpha value is -4.09. The van der Waals surface area contributed by atoms with E-state index in [2.05, 4.69) is 15.6 Å². The van der Waals surface area contributed by atoms with E-state index in [4.69, 9.17) is 9.47 Å². The van der Waals surface area contributed by atoms with Crippen molar-refractivity contribution in [3.63, 3.8) is 0 Å². The number of carbonyl (C=O) groups is 3. The molecular weight excluding hydrogens is 493 g/mol. The highest BCUT2D eigenvalue weighted by atomic mass is 19.4. The number of rotatable bonds is 7. The summed E-state index contributed by atoms with van der Waals surface area (Å²) in [4.78, 5) is 40.4. The van der Waals surface area contributed by atoms with Gasteiger partial charge in [0.2, 0.25) is 5.95 Å². The van der Waals surface area contributed by atoms with Crippen molar-refractivity contribution in [1.82, 2.24) is 9.55 Å². The Morgan fingerprint density at radius 2 is 1.76 bits per heavy atom. The number of carbonyl (C=O) groups excluding carboxylic acids is 3. The summed E-state index contributed by atoms with van der Waals surface area (Å²) in [5.74, 6) is -1.14. The van der Waals surface area contributed by atoms with Gasteiger partial charge in [-0.1, -0.05) is 6.07 Å². The third-order valence-corrected chi connectivity index (χ3v) is 4.90. The molecular formula is C25H27F3N4O5. The van der Waals surface area contributed by atoms with Crippen LogP contribution in [-0.4, -0.2) is 39.7 Å². The zero-order chi connectivity index (χ0) is 27.4. The quantitative estimate of drug-likeness (QED) is 0.310. The van der Waals surface area contributed by atoms with Gasteiger partial charge in [0.05, 0.1) is 23.2 Å². The van der Waals surface area contributed by atoms with Gasteiger partial charge in [-0.05, 0) is 63.6 Å². The largest absolute Gasteiger partial charge is 0.466 e. The van der Waals surface area contributed by atoms with E-state index in [0.29, 0.717) is 23.1 Å². The number of ether oxygens (including phenoxy) is 2. The highest BCUT2D eigenvalue weighted by Crippen LogP contribution is 2.30. The van der Waals surface area contributed by atoms with Gasteiger partial charge in [-0.3, -0.25) is 20.2 Å². The Labute approximate surface area is 210 Å². The van der Waals surface area contributed by atoms with Gasteiger partial charge in [0.15, 0.2) is 0 Å². The van der Waals surface area contributed by atoms with E-state index in [9.17, 15) is 27.6 Å². The van der Waals surface area contributed by atoms with Gasteiger partial charge in [-0.25, -0.2) is 9.78 Å². The Morgan fingerprint density at radius 1 is 1.03 bits per heavy atom. The normalized spacial score (nSPS) is 11.8. The molecule has 0 saturated carbocycles. The van der Waals surface area contributed by atoms with Crippen LogP contribution >= 0.6 is 0 Å². The van der Waals surface area contributed by atoms with Crippen LogP contribution in [0.3, 0.4) is 0 Å². The third kappa shape index (κ3) is 7.69. The van der Waals surface area contributed by atoms with Gasteiger partial charge in [-0.15, -0.1) is 0 Å². The van der Waals surface area contributed by atoms with E-state index < -0.39 is 35.3 Å². The SMILES string of the molecule is CC(=O)OCCCn1c(NC(=O)c2cccc(C(F)(F)F)c2)nc2cc(NC(=O)OC(C)(C)C)ccc21. The summed E-state index contributed by atoms with van der Waals surface area (Å²) in [6, 6.07) is 8.90. The Morgan fingerprint density at radius 3 is 2.41 bits per heavy atom. The lowest BCUT2D eigenvalue weighted by atomic mass is 10.1. The van der Waals surface area contributed by atoms with Crippen LogP contribution in [0.2, 0.25) is 0 Å². The van der Waals surface area contributed by atoms with Gasteiger partial charge >= 0.3 is 18.2 Å². The monoisotopic (exact) mass is 520 g/mol. The number of amides is 2. The number of halogens is 3. The second-order valence-electron chi connectivity index (χ2n) is 9.14. The van der Waals surface area contributed by atoms with Gasteiger partial charge < -0.3 is 14.0 Å². The highest BCUT2D eigenvalue weighted by molar-refractivity contribution is 6.04. The Balaban J connectivity index is 1.90. The fourth-order valence-electron chi connectivity index (χ4n) is 3.40. The van der Waals surface area contributed by atoms with E-state index >= 15 is 0 Å². The standard InChI is InChI=1S/C25H27F3N4O5/c1-15(33)36-12-6-11-32-20-10-9-18(29-23(35)37-24(2,3)4)14-19(20)30-22(32)31-21(34)16-7-5-8-17(13-16)25(26,27)28/h5,7-10,13-14H,6,11-12H2,1-4H3,(H,29,35)(H,30,31,34). The van der Waals surface area contributed by atoms with Crippen molar-refractivity contribution < 1.29 is 37.0 Å². The Kier molecular flexibility index (Phi) is 8.09. The maximum absolute atomic E-state index is 13.1. The summed E-state index contributed by atoms with van der Waals surface area (Å²) in [5, 5.41) is 5.17. The first-order valence-electron chi connectivity index (χ1n) is 11.4. The van der Waals surface area contributed by atoms with Crippen LogP contribution < -0.4 is 10.6 Å². The minimum Gasteiger partial charge on any atom is -0.466 e. The summed E-state index contributed by atoms with van der Waals surface area (Å²) in [6.07, 6.45) is -4.88. The lowest BCUT2D eigenvalue weighted by Crippen LogP contribution is -2.27. The van der Waals surface area contributed by atoms with Crippen molar-refractivity contribution in [2.24, 2.45) is 0 Å². The molecule has 1 heterocycles. The number of hydrogen-bond acceptors (Lipinski definition) is 6. The van der Waals surface area contributed by atoms with Crippen LogP contribution in [0.25, 0.3) is 11.0 Å². The van der Waals surface area contributed by atoms with Crippen LogP contribution in [0.4, 0.5) is 29.6 Å². The second-order valence-corrected chi connectivity index (χ2v) is 9.14. The molecule has 2 amide bonds. The van der Waals surface area contributed by atoms with Crippen molar-refractivity contribution in [3.05, 3.63) is 53.6 Å². The smallest absolute Gasteiger partial charge is 0.416 e. The minimum absolute atomic E-state index is 0.0784. The number of hydrogen-bond donors (Lipinski definition) is 2. The third-order valence-electron chi connectivity index (χ3n) is 4.90. The van der Waals surface area contributed by atoms with Crippen LogP contribution in [0.5, 0.6) is 0 Å². The number of anilines is 2. The summed E-state index contributed by atoms with van der Waals surface area (Å²) in [6.45, 7) is 6.87. The Bertz CT molecular complexity index is 1310. The number of benzene rings is 2. The van der Waals surface area contributed by atoms with Crippen molar-refractivity contribution >= 4 is 40.6 Å². The topological polar surface area (TPSA) is 112 Å². The molecule has 0 fully saturated rings. The maximum atomic E-state index is 13.1. The van der Waals surface area contributed by atoms with Crippen molar-refractivity contribution in [1.29, 1.82) is 0 Å². The van der Waals surface area contributed by atoms with Crippen molar-refractivity contribution in [2.75, 3.05) is 17.2 Å². The van der Waals surface area contributed by atoms with E-state index in [1.54, 1.807) is 43.5 Å². The molecule has 0 aliphatic rings. The number of nitrogens with zero attached hydrogens (tertiary/aromatic N) is 2. The van der Waals surface area contributed by atoms with Gasteiger partial charge in [-0.2, -0.15) is 13.2 Å². The summed E-state index contributed by atoms with van der Waals surface area (Å²) in [7, 11) is 0. The molecule has 0 aliphatic heterocycles. The van der Waals surface area contributed by atoms with Gasteiger partial charge in [0, 0.05) is 24.7 Å². The molecule has 198 valence electrons. The maximum Gasteiger partial charge on any atom is 0.416 e. The molecule has 0 saturated heterocycles. The fourth-order valence-corrected chi connectivity index (χ4v) is 3.40. The lowest BCUT2D eigenvalue weighted by molar-refractivity contribution is -0.141. The molecule has 0 spiro atoms. The first-order valence-corrected chi connectivity index (χ1v) is 11.4. The second kappa shape index (κ2) is 10.9. The number of aryl methyl sites for hydroxylation is 1. The number of aromatic nitrogens is 2. The van der Waals surface area contributed by atoms with E-state index in [0.717, 1.165) is 18.2 Å². The number of imidazole rings is 1. The predicted molar refractivity (Wildman–Crippen MR) is 130 cm³/mol. The fraction of sp³-hybridized carbons (Fsp3) is 0.360. The van der Waals surface area contributed by atoms with Crippen LogP contribution in [-0.2, 0) is 27.0 Å². The van der Waals surface area contributed by atoms with Gasteiger partial charge in [0.25, 0.3) is 5.91 Å². The number of nitrogens with one attached hydrogen (secondary N) is 2. The molecule has 2 aromatic carbocycles. The molecule has 0 radical (unpaired) electrons. The van der Waals surface area contributed by atoms with E-state index in [1.807, 2.05) is 0 Å². The van der Waals surface area contributed by atoms with Crippen molar-refractivity contribution in [3.8, 4) is 0 Å². The molecule has 0 unspecified atom stereocenters. The zero-order valence-corrected chi connectivity index (χ0v) is 20.7. The molecule has 1 aromatic heterocycles. The molecule has 9 nitrogen and oxygen atoms in total. The van der Waals surface area contributed by atoms with Crippen LogP contribution in [0.1, 0.15) is 50.0 Å². The van der Waals surface area contributed by atoms with Crippen molar-refractivity contribution in [2.45, 2.75) is 52.4 Å². The molecule has 0 atom stereocenters. The van der Waals surface area contributed by atoms with Crippen LogP contribution in [0, 0.1) is 0 Å². The average Bonchev–Trinajstić information content (AvgIpc) is 3.10. The first-order chi connectivity index (χ1) is 17.2. The van der Waals surface area contributed by atoms with E-state index in [-0.39, 0.29) is 24.7 Å². The first kappa shape index (κ1) is 27.5. The summed E-state index contributed by atoms with van der Waals surface area (Å²) < 4.78 is 51.1. The van der Waals surface area contributed by atoms with Gasteiger partial charge in [0.1, 0.15) is 5.60 Å². The lowest BCUT2D eigenvalue weighted by Gasteiger charge is -2.19. The summed E-state index contributed by atoms with van der Waals surface area (Å²) in [5.41, 5.74) is -0.466. The highest BCUT2D eigenvalue weighted by Gasteiger charge is 2.31. The molecule has 2 N–H and O–H groups in total. The number of esters is 1. The number of alkyl halides is 3. The molecule has 37 heavy (non-hydrogen) atoms. The molecule has 3 rings (SSSR count). The van der Waals surface area contributed by atoms with Crippen LogP contribution in [0.15, 0.2) is 42.5 Å². The number of fused-ring (bicyclic) bond motifs is 1. The zero-order valence-electron chi connectivity index (χ0n) is 20.7. The molecule has 12 heteroatoms. The molecule has 0 bridgehead atoms. The summed E-state index contributed by atoms with van der Waals surface area (Å²) >= 11 is 0. The molecule has 3 aromatic rings. The minimum atomic E-state index is -4.60. The predicted octanol–water partition coefficient (Wildman–Crippen LogP) is 5.61. The molecule has 0 aliphatic carbocycles.